The van der Waals surface area contributed by atoms with Crippen molar-refractivity contribution in [3.8, 4) is 0 Å². The first kappa shape index (κ1) is 27.5. The third-order valence-electron chi connectivity index (χ3n) is 4.47. The molecule has 1 aliphatic heterocycles. The number of rotatable bonds is 4. The van der Waals surface area contributed by atoms with Crippen LogP contribution in [0.2, 0.25) is 0 Å². The molecular weight excluding hydrogens is 480 g/mol. The summed E-state index contributed by atoms with van der Waals surface area (Å²) < 4.78 is 49.0. The van der Waals surface area contributed by atoms with Crippen molar-refractivity contribution in [2.24, 2.45) is 0 Å². The Bertz CT molecular complexity index is 749. The summed E-state index contributed by atoms with van der Waals surface area (Å²) in [6, 6.07) is 0. The lowest BCUT2D eigenvalue weighted by Gasteiger charge is -2.52. The van der Waals surface area contributed by atoms with Crippen LogP contribution in [0.15, 0.2) is 0 Å². The standard InChI is InChI=1S/C9H26N4O12P4/c1-8(26(14,15)16)9(27(17,18)19,28(20,21)22)13(29(23,24)25)7-6-11-3-2-10-4-5-12-8/h10-12H,2-7H2,1H3,(H2,14,15,16)(H2,17,18,19)(H2,20,21,22)(H2,23,24,25). The monoisotopic (exact) mass is 506 g/mol. The highest BCUT2D eigenvalue weighted by Gasteiger charge is 2.80. The second kappa shape index (κ2) is 9.13. The second-order valence-electron chi connectivity index (χ2n) is 6.40. The largest absolute Gasteiger partial charge is 0.404 e. The van der Waals surface area contributed by atoms with Crippen molar-refractivity contribution in [1.82, 2.24) is 20.6 Å². The molecule has 0 spiro atoms. The predicted octanol–water partition coefficient (Wildman–Crippen LogP) is -2.93. The van der Waals surface area contributed by atoms with Gasteiger partial charge in [0.15, 0.2) is 5.28 Å². The van der Waals surface area contributed by atoms with E-state index in [0.717, 1.165) is 0 Å². The van der Waals surface area contributed by atoms with Crippen LogP contribution in [0.3, 0.4) is 0 Å². The van der Waals surface area contributed by atoms with E-state index in [2.05, 4.69) is 10.6 Å². The minimum absolute atomic E-state index is 0.0500. The van der Waals surface area contributed by atoms with E-state index in [0.29, 0.717) is 13.5 Å². The van der Waals surface area contributed by atoms with Crippen molar-refractivity contribution in [1.29, 1.82) is 0 Å². The molecule has 1 unspecified atom stereocenters. The van der Waals surface area contributed by atoms with Gasteiger partial charge >= 0.3 is 30.5 Å². The first-order valence-corrected chi connectivity index (χ1v) is 14.4. The highest BCUT2D eigenvalue weighted by Crippen LogP contribution is 2.82. The Labute approximate surface area is 165 Å². The first-order chi connectivity index (χ1) is 12.8. The molecule has 1 aliphatic rings. The normalized spacial score (nSPS) is 27.1. The first-order valence-electron chi connectivity index (χ1n) is 8.01. The molecule has 0 aromatic carbocycles. The van der Waals surface area contributed by atoms with E-state index in [-0.39, 0.29) is 13.1 Å². The van der Waals surface area contributed by atoms with Crippen molar-refractivity contribution in [2.45, 2.75) is 17.2 Å². The number of hydrogen-bond acceptors (Lipinski definition) is 7. The number of hydrogen-bond donors (Lipinski definition) is 11. The Morgan fingerprint density at radius 3 is 1.48 bits per heavy atom. The molecule has 16 nitrogen and oxygen atoms in total. The second-order valence-corrected chi connectivity index (χ2v) is 13.7. The quantitative estimate of drug-likeness (QED) is 0.170. The molecule has 11 N–H and O–H groups in total. The van der Waals surface area contributed by atoms with Crippen molar-refractivity contribution in [3.63, 3.8) is 0 Å². The average Bonchev–Trinajstić information content (AvgIpc) is 2.45. The maximum Gasteiger partial charge on any atom is 0.404 e. The van der Waals surface area contributed by atoms with Gasteiger partial charge in [0.25, 0.3) is 5.02 Å². The zero-order valence-corrected chi connectivity index (χ0v) is 18.8. The Balaban J connectivity index is 4.08. The average molecular weight is 506 g/mol. The van der Waals surface area contributed by atoms with E-state index in [9.17, 15) is 57.4 Å². The minimum atomic E-state index is -6.40. The lowest BCUT2D eigenvalue weighted by molar-refractivity contribution is 0.131. The van der Waals surface area contributed by atoms with Gasteiger partial charge in [0.1, 0.15) is 0 Å². The van der Waals surface area contributed by atoms with Crippen molar-refractivity contribution >= 4 is 30.5 Å². The minimum Gasteiger partial charge on any atom is -0.323 e. The summed E-state index contributed by atoms with van der Waals surface area (Å²) >= 11 is 0. The Kier molecular flexibility index (Phi) is 8.65. The highest BCUT2D eigenvalue weighted by molar-refractivity contribution is 7.75. The Hall–Kier alpha value is 0.440. The lowest BCUT2D eigenvalue weighted by atomic mass is 10.3. The molecule has 1 saturated heterocycles. The smallest absolute Gasteiger partial charge is 0.323 e. The summed E-state index contributed by atoms with van der Waals surface area (Å²) in [5.41, 5.74) is 0. The van der Waals surface area contributed by atoms with Crippen LogP contribution in [-0.2, 0) is 18.3 Å². The molecule has 174 valence electrons. The molecule has 20 heteroatoms. The third-order valence-corrected chi connectivity index (χ3v) is 12.5. The predicted molar refractivity (Wildman–Crippen MR) is 99.8 cm³/mol. The van der Waals surface area contributed by atoms with Gasteiger partial charge in [0.05, 0.1) is 0 Å². The topological polar surface area (TPSA) is 269 Å². The Morgan fingerprint density at radius 2 is 1.10 bits per heavy atom. The van der Waals surface area contributed by atoms with Crippen LogP contribution in [0.1, 0.15) is 6.92 Å². The molecule has 0 amide bonds. The van der Waals surface area contributed by atoms with E-state index in [1.165, 1.54) is 0 Å². The van der Waals surface area contributed by atoms with Crippen LogP contribution in [0.5, 0.6) is 0 Å². The molecule has 0 bridgehead atoms. The summed E-state index contributed by atoms with van der Waals surface area (Å²) in [4.78, 5) is 79.2. The number of nitrogens with zero attached hydrogens (tertiary/aromatic N) is 1. The maximum atomic E-state index is 12.5. The summed E-state index contributed by atoms with van der Waals surface area (Å²) in [5.74, 6) is 0. The number of nitrogens with one attached hydrogen (secondary N) is 3. The fourth-order valence-electron chi connectivity index (χ4n) is 3.18. The summed E-state index contributed by atoms with van der Waals surface area (Å²) in [6.07, 6.45) is 0. The molecule has 29 heavy (non-hydrogen) atoms. The van der Waals surface area contributed by atoms with Crippen molar-refractivity contribution < 1.29 is 57.4 Å². The van der Waals surface area contributed by atoms with Gasteiger partial charge in [-0.2, -0.15) is 4.67 Å². The lowest BCUT2D eigenvalue weighted by Crippen LogP contribution is -2.68. The van der Waals surface area contributed by atoms with E-state index >= 15 is 0 Å². The van der Waals surface area contributed by atoms with Gasteiger partial charge in [0, 0.05) is 39.3 Å². The molecule has 1 heterocycles. The van der Waals surface area contributed by atoms with Crippen LogP contribution >= 0.6 is 30.5 Å². The van der Waals surface area contributed by atoms with Gasteiger partial charge < -0.3 is 49.8 Å². The molecular formula is C9H26N4O12P4. The molecule has 1 fully saturated rings. The highest BCUT2D eigenvalue weighted by atomic mass is 31.2. The zero-order chi connectivity index (χ0) is 22.9. The van der Waals surface area contributed by atoms with E-state index in [1.807, 2.05) is 5.32 Å². The summed E-state index contributed by atoms with van der Waals surface area (Å²) in [6.45, 7) is -1.03. The van der Waals surface area contributed by atoms with Crippen LogP contribution < -0.4 is 16.0 Å². The fraction of sp³-hybridized carbons (Fsp3) is 1.00. The van der Waals surface area contributed by atoms with Crippen molar-refractivity contribution in [3.05, 3.63) is 0 Å². The zero-order valence-electron chi connectivity index (χ0n) is 15.2. The Morgan fingerprint density at radius 1 is 0.690 bits per heavy atom. The molecule has 1 atom stereocenters. The summed E-state index contributed by atoms with van der Waals surface area (Å²) in [5, 5.41) is -0.278. The van der Waals surface area contributed by atoms with Gasteiger partial charge in [-0.15, -0.1) is 0 Å². The fourth-order valence-corrected chi connectivity index (χ4v) is 11.4. The maximum absolute atomic E-state index is 12.5. The van der Waals surface area contributed by atoms with Crippen LogP contribution in [0.4, 0.5) is 0 Å². The van der Waals surface area contributed by atoms with E-state index in [4.69, 9.17) is 0 Å². The van der Waals surface area contributed by atoms with Gasteiger partial charge in [-0.3, -0.25) is 19.0 Å². The summed E-state index contributed by atoms with van der Waals surface area (Å²) in [7, 11) is -24.6. The molecule has 0 saturated carbocycles. The molecule has 1 rings (SSSR count). The van der Waals surface area contributed by atoms with Gasteiger partial charge in [-0.05, 0) is 6.92 Å². The van der Waals surface area contributed by atoms with Gasteiger partial charge in [-0.1, -0.05) is 0 Å². The van der Waals surface area contributed by atoms with E-state index < -0.39 is 65.1 Å². The van der Waals surface area contributed by atoms with Crippen LogP contribution in [0, 0.1) is 0 Å². The SMILES string of the molecule is CC1(P(=O)(O)O)NCCNCCNCCN(P(=O)(O)O)C1(P(=O)(O)O)P(=O)(O)O. The van der Waals surface area contributed by atoms with E-state index in [1.54, 1.807) is 0 Å². The van der Waals surface area contributed by atoms with Gasteiger partial charge in [-0.25, -0.2) is 4.57 Å². The molecule has 0 radical (unpaired) electrons. The van der Waals surface area contributed by atoms with Crippen molar-refractivity contribution in [2.75, 3.05) is 39.3 Å². The van der Waals surface area contributed by atoms with Crippen LogP contribution in [0.25, 0.3) is 0 Å². The van der Waals surface area contributed by atoms with Crippen LogP contribution in [-0.4, -0.2) is 93.4 Å². The third kappa shape index (κ3) is 5.27. The molecule has 0 aromatic rings. The molecule has 0 aliphatic carbocycles. The molecule has 0 aromatic heterocycles. The van der Waals surface area contributed by atoms with Gasteiger partial charge in [0.2, 0.25) is 0 Å².